The molecule has 0 fully saturated rings. The van der Waals surface area contributed by atoms with Crippen LogP contribution >= 0.6 is 23.1 Å². The van der Waals surface area contributed by atoms with E-state index in [1.54, 1.807) is 11.3 Å². The van der Waals surface area contributed by atoms with Crippen molar-refractivity contribution in [2.24, 2.45) is 0 Å². The van der Waals surface area contributed by atoms with Crippen LogP contribution in [0.4, 0.5) is 0 Å². The number of thioether (sulfide) groups is 1. The topological polar surface area (TPSA) is 20.2 Å². The van der Waals surface area contributed by atoms with Crippen molar-refractivity contribution in [1.29, 1.82) is 0 Å². The zero-order chi connectivity index (χ0) is 13.2. The van der Waals surface area contributed by atoms with Gasteiger partial charge in [0.1, 0.15) is 0 Å². The van der Waals surface area contributed by atoms with E-state index in [1.807, 2.05) is 23.9 Å². The summed E-state index contributed by atoms with van der Waals surface area (Å²) in [5.41, 5.74) is 3.95. The SMILES string of the molecule is Cc1ccccc1CC(O)c1cc2c(s1)CCSC2. The number of aliphatic hydroxyl groups is 1. The summed E-state index contributed by atoms with van der Waals surface area (Å²) in [5, 5.41) is 10.5. The van der Waals surface area contributed by atoms with Gasteiger partial charge in [0.15, 0.2) is 0 Å². The lowest BCUT2D eigenvalue weighted by molar-refractivity contribution is 0.182. The van der Waals surface area contributed by atoms with E-state index in [0.29, 0.717) is 0 Å². The van der Waals surface area contributed by atoms with Gasteiger partial charge in [0.05, 0.1) is 6.10 Å². The largest absolute Gasteiger partial charge is 0.387 e. The fourth-order valence-corrected chi connectivity index (χ4v) is 4.84. The molecular formula is C16H18OS2. The average molecular weight is 290 g/mol. The van der Waals surface area contributed by atoms with E-state index >= 15 is 0 Å². The Bertz CT molecular complexity index is 550. The maximum atomic E-state index is 10.5. The summed E-state index contributed by atoms with van der Waals surface area (Å²) in [6.07, 6.45) is 1.53. The summed E-state index contributed by atoms with van der Waals surface area (Å²) in [4.78, 5) is 2.62. The average Bonchev–Trinajstić information content (AvgIpc) is 2.85. The Morgan fingerprint density at radius 2 is 2.16 bits per heavy atom. The second kappa shape index (κ2) is 5.70. The molecule has 0 aliphatic carbocycles. The van der Waals surface area contributed by atoms with Crippen LogP contribution in [0.2, 0.25) is 0 Å². The smallest absolute Gasteiger partial charge is 0.0922 e. The Balaban J connectivity index is 1.79. The molecule has 1 aliphatic rings. The van der Waals surface area contributed by atoms with Crippen LogP contribution in [0.5, 0.6) is 0 Å². The molecule has 3 heteroatoms. The minimum Gasteiger partial charge on any atom is -0.387 e. The first-order valence-corrected chi connectivity index (χ1v) is 8.63. The lowest BCUT2D eigenvalue weighted by atomic mass is 10.0. The molecule has 1 N–H and O–H groups in total. The number of aliphatic hydroxyl groups excluding tert-OH is 1. The van der Waals surface area contributed by atoms with Gasteiger partial charge in [-0.3, -0.25) is 0 Å². The van der Waals surface area contributed by atoms with Crippen LogP contribution in [0.25, 0.3) is 0 Å². The molecular weight excluding hydrogens is 272 g/mol. The van der Waals surface area contributed by atoms with Gasteiger partial charge in [-0.05, 0) is 41.9 Å². The minimum absolute atomic E-state index is 0.360. The van der Waals surface area contributed by atoms with Crippen molar-refractivity contribution in [3.05, 3.63) is 56.8 Å². The number of fused-ring (bicyclic) bond motifs is 1. The molecule has 0 saturated carbocycles. The molecule has 1 aromatic carbocycles. The summed E-state index contributed by atoms with van der Waals surface area (Å²) in [6, 6.07) is 10.5. The zero-order valence-corrected chi connectivity index (χ0v) is 12.7. The summed E-state index contributed by atoms with van der Waals surface area (Å²) >= 11 is 3.80. The van der Waals surface area contributed by atoms with E-state index < -0.39 is 0 Å². The van der Waals surface area contributed by atoms with Gasteiger partial charge in [-0.2, -0.15) is 11.8 Å². The predicted molar refractivity (Wildman–Crippen MR) is 84.0 cm³/mol. The first-order valence-electron chi connectivity index (χ1n) is 6.66. The number of hydrogen-bond acceptors (Lipinski definition) is 3. The van der Waals surface area contributed by atoms with Crippen LogP contribution < -0.4 is 0 Å². The normalized spacial score (nSPS) is 16.1. The van der Waals surface area contributed by atoms with Crippen molar-refractivity contribution >= 4 is 23.1 Å². The first-order chi connectivity index (χ1) is 9.24. The number of benzene rings is 1. The molecule has 2 aromatic rings. The van der Waals surface area contributed by atoms with E-state index in [9.17, 15) is 5.11 Å². The molecule has 1 nitrogen and oxygen atoms in total. The standard InChI is InChI=1S/C16H18OS2/c1-11-4-2-3-5-12(11)8-14(17)16-9-13-10-18-7-6-15(13)19-16/h2-5,9,14,17H,6-8,10H2,1H3. The van der Waals surface area contributed by atoms with Crippen LogP contribution in [0.1, 0.15) is 32.5 Å². The highest BCUT2D eigenvalue weighted by Crippen LogP contribution is 2.35. The van der Waals surface area contributed by atoms with Gasteiger partial charge in [-0.25, -0.2) is 0 Å². The van der Waals surface area contributed by atoms with E-state index in [2.05, 4.69) is 25.1 Å². The number of rotatable bonds is 3. The van der Waals surface area contributed by atoms with Gasteiger partial charge in [0.25, 0.3) is 0 Å². The monoisotopic (exact) mass is 290 g/mol. The van der Waals surface area contributed by atoms with Crippen molar-refractivity contribution in [2.75, 3.05) is 5.75 Å². The Morgan fingerprint density at radius 3 is 2.95 bits per heavy atom. The second-order valence-corrected chi connectivity index (χ2v) is 7.32. The fourth-order valence-electron chi connectivity index (χ4n) is 2.48. The van der Waals surface area contributed by atoms with Gasteiger partial charge in [-0.15, -0.1) is 11.3 Å². The Kier molecular flexibility index (Phi) is 3.96. The van der Waals surface area contributed by atoms with Crippen molar-refractivity contribution in [3.63, 3.8) is 0 Å². The highest BCUT2D eigenvalue weighted by molar-refractivity contribution is 7.98. The Labute approximate surface area is 122 Å². The Hall–Kier alpha value is -0.770. The third-order valence-electron chi connectivity index (χ3n) is 3.65. The lowest BCUT2D eigenvalue weighted by Crippen LogP contribution is -2.01. The quantitative estimate of drug-likeness (QED) is 0.917. The molecule has 2 heterocycles. The summed E-state index contributed by atoms with van der Waals surface area (Å²) in [7, 11) is 0. The second-order valence-electron chi connectivity index (χ2n) is 5.05. The molecule has 0 amide bonds. The molecule has 0 spiro atoms. The molecule has 19 heavy (non-hydrogen) atoms. The molecule has 1 unspecified atom stereocenters. The van der Waals surface area contributed by atoms with E-state index in [-0.39, 0.29) is 6.10 Å². The van der Waals surface area contributed by atoms with E-state index in [1.165, 1.54) is 33.7 Å². The van der Waals surface area contributed by atoms with Crippen molar-refractivity contribution in [3.8, 4) is 0 Å². The highest BCUT2D eigenvalue weighted by atomic mass is 32.2. The zero-order valence-electron chi connectivity index (χ0n) is 11.1. The molecule has 0 bridgehead atoms. The van der Waals surface area contributed by atoms with Crippen molar-refractivity contribution in [2.45, 2.75) is 31.6 Å². The van der Waals surface area contributed by atoms with Crippen LogP contribution in [0.3, 0.4) is 0 Å². The third-order valence-corrected chi connectivity index (χ3v) is 6.00. The van der Waals surface area contributed by atoms with Crippen LogP contribution in [-0.4, -0.2) is 10.9 Å². The number of aryl methyl sites for hydroxylation is 2. The number of thiophene rings is 1. The Morgan fingerprint density at radius 1 is 1.32 bits per heavy atom. The molecule has 3 rings (SSSR count). The van der Waals surface area contributed by atoms with Crippen LogP contribution in [-0.2, 0) is 18.6 Å². The van der Waals surface area contributed by atoms with Crippen LogP contribution in [0.15, 0.2) is 30.3 Å². The fraction of sp³-hybridized carbons (Fsp3) is 0.375. The summed E-state index contributed by atoms with van der Waals surface area (Å²) in [5.74, 6) is 2.34. The van der Waals surface area contributed by atoms with Crippen molar-refractivity contribution in [1.82, 2.24) is 0 Å². The summed E-state index contributed by atoms with van der Waals surface area (Å²) < 4.78 is 0. The molecule has 100 valence electrons. The maximum Gasteiger partial charge on any atom is 0.0922 e. The van der Waals surface area contributed by atoms with E-state index in [4.69, 9.17) is 0 Å². The van der Waals surface area contributed by atoms with Gasteiger partial charge in [0, 0.05) is 21.9 Å². The summed E-state index contributed by atoms with van der Waals surface area (Å²) in [6.45, 7) is 2.11. The molecule has 0 radical (unpaired) electrons. The predicted octanol–water partition coefficient (Wildman–Crippen LogP) is 4.12. The molecule has 1 aromatic heterocycles. The maximum absolute atomic E-state index is 10.5. The van der Waals surface area contributed by atoms with Crippen LogP contribution in [0, 0.1) is 6.92 Å². The lowest BCUT2D eigenvalue weighted by Gasteiger charge is -2.10. The van der Waals surface area contributed by atoms with Gasteiger partial charge < -0.3 is 5.11 Å². The molecule has 1 aliphatic heterocycles. The van der Waals surface area contributed by atoms with E-state index in [0.717, 1.165) is 17.1 Å². The molecule has 0 saturated heterocycles. The number of hydrogen-bond donors (Lipinski definition) is 1. The first kappa shape index (κ1) is 13.2. The van der Waals surface area contributed by atoms with Gasteiger partial charge in [-0.1, -0.05) is 24.3 Å². The minimum atomic E-state index is -0.360. The van der Waals surface area contributed by atoms with Gasteiger partial charge >= 0.3 is 0 Å². The molecule has 1 atom stereocenters. The van der Waals surface area contributed by atoms with Gasteiger partial charge in [0.2, 0.25) is 0 Å². The third kappa shape index (κ3) is 2.88. The highest BCUT2D eigenvalue weighted by Gasteiger charge is 2.18. The van der Waals surface area contributed by atoms with Crippen molar-refractivity contribution < 1.29 is 5.11 Å².